The number of fused-ring (bicyclic) bond motifs is 10. The van der Waals surface area contributed by atoms with E-state index in [0.717, 1.165) is 28.1 Å². The van der Waals surface area contributed by atoms with Crippen LogP contribution in [0.25, 0.3) is 78.4 Å². The van der Waals surface area contributed by atoms with Gasteiger partial charge in [-0.3, -0.25) is 0 Å². The molecule has 2 aliphatic rings. The lowest BCUT2D eigenvalue weighted by atomic mass is 9.70. The van der Waals surface area contributed by atoms with Crippen LogP contribution >= 0.6 is 0 Å². The fourth-order valence-electron chi connectivity index (χ4n) is 9.04. The van der Waals surface area contributed by atoms with Gasteiger partial charge in [-0.1, -0.05) is 194 Å². The molecule has 0 radical (unpaired) electrons. The van der Waals surface area contributed by atoms with Crippen LogP contribution in [-0.2, 0) is 5.41 Å². The summed E-state index contributed by atoms with van der Waals surface area (Å²) in [7, 11) is 0. The molecule has 0 aliphatic heterocycles. The summed E-state index contributed by atoms with van der Waals surface area (Å²) in [6, 6.07) is 74.3. The molecule has 2 nitrogen and oxygen atoms in total. The van der Waals surface area contributed by atoms with Crippen molar-refractivity contribution in [2.75, 3.05) is 0 Å². The highest BCUT2D eigenvalue weighted by Crippen LogP contribution is 2.62. The van der Waals surface area contributed by atoms with E-state index in [2.05, 4.69) is 182 Å². The summed E-state index contributed by atoms with van der Waals surface area (Å²) in [6.07, 6.45) is 0. The summed E-state index contributed by atoms with van der Waals surface area (Å²) in [4.78, 5) is 10.2. The molecule has 0 amide bonds. The number of rotatable bonds is 5. The number of nitrogens with zero attached hydrogens (tertiary/aromatic N) is 2. The number of hydrogen-bond donors (Lipinski definition) is 0. The second-order valence-corrected chi connectivity index (χ2v) is 14.5. The molecule has 1 aromatic heterocycles. The smallest absolute Gasteiger partial charge is 0.160 e. The van der Waals surface area contributed by atoms with Gasteiger partial charge in [0, 0.05) is 16.7 Å². The van der Waals surface area contributed by atoms with E-state index in [1.165, 1.54) is 66.8 Å². The Bertz CT molecular complexity index is 2850. The maximum Gasteiger partial charge on any atom is 0.160 e. The molecule has 1 heterocycles. The largest absolute Gasteiger partial charge is 0.228 e. The molecule has 11 rings (SSSR count). The predicted octanol–water partition coefficient (Wildman–Crippen LogP) is 13.2. The van der Waals surface area contributed by atoms with E-state index in [0.29, 0.717) is 5.82 Å². The molecule has 0 saturated heterocycles. The average Bonchev–Trinajstić information content (AvgIpc) is 3.74. The zero-order valence-electron chi connectivity index (χ0n) is 30.0. The third-order valence-corrected chi connectivity index (χ3v) is 11.6. The number of aromatic nitrogens is 2. The minimum Gasteiger partial charge on any atom is -0.228 e. The van der Waals surface area contributed by atoms with E-state index in [9.17, 15) is 0 Å². The summed E-state index contributed by atoms with van der Waals surface area (Å²) in [5, 5.41) is 0. The fraction of sp³-hybridized carbons (Fsp3) is 0.0189. The highest BCUT2D eigenvalue weighted by Gasteiger charge is 2.51. The maximum atomic E-state index is 5.11. The summed E-state index contributed by atoms with van der Waals surface area (Å²) in [6.45, 7) is 0. The van der Waals surface area contributed by atoms with Gasteiger partial charge in [-0.25, -0.2) is 9.97 Å². The Morgan fingerprint density at radius 3 is 1.15 bits per heavy atom. The molecule has 1 spiro atoms. The molecule has 0 saturated carbocycles. The summed E-state index contributed by atoms with van der Waals surface area (Å²) in [5.74, 6) is 0.714. The van der Waals surface area contributed by atoms with Gasteiger partial charge in [-0.15, -0.1) is 0 Å². The molecule has 256 valence electrons. The Hall–Kier alpha value is -7.16. The van der Waals surface area contributed by atoms with Crippen LogP contribution in [0.15, 0.2) is 206 Å². The Morgan fingerprint density at radius 2 is 0.618 bits per heavy atom. The van der Waals surface area contributed by atoms with E-state index in [-0.39, 0.29) is 5.41 Å². The van der Waals surface area contributed by atoms with Gasteiger partial charge in [-0.05, 0) is 78.9 Å². The zero-order chi connectivity index (χ0) is 36.3. The molecule has 0 fully saturated rings. The molecule has 2 aliphatic carbocycles. The van der Waals surface area contributed by atoms with E-state index in [4.69, 9.17) is 9.97 Å². The van der Waals surface area contributed by atoms with Crippen LogP contribution in [0.3, 0.4) is 0 Å². The van der Waals surface area contributed by atoms with Crippen LogP contribution in [0.4, 0.5) is 0 Å². The van der Waals surface area contributed by atoms with Crippen molar-refractivity contribution in [2.45, 2.75) is 5.41 Å². The van der Waals surface area contributed by atoms with Crippen molar-refractivity contribution < 1.29 is 0 Å². The van der Waals surface area contributed by atoms with Crippen LogP contribution in [-0.4, -0.2) is 9.97 Å². The Morgan fingerprint density at radius 1 is 0.255 bits per heavy atom. The van der Waals surface area contributed by atoms with Gasteiger partial charge in [0.25, 0.3) is 0 Å². The number of hydrogen-bond acceptors (Lipinski definition) is 2. The van der Waals surface area contributed by atoms with Crippen molar-refractivity contribution in [2.24, 2.45) is 0 Å². The van der Waals surface area contributed by atoms with Crippen molar-refractivity contribution in [3.8, 4) is 78.4 Å². The quantitative estimate of drug-likeness (QED) is 0.179. The molecule has 0 bridgehead atoms. The van der Waals surface area contributed by atoms with Gasteiger partial charge in [0.15, 0.2) is 5.82 Å². The minimum absolute atomic E-state index is 0.329. The van der Waals surface area contributed by atoms with Crippen LogP contribution in [0.5, 0.6) is 0 Å². The molecule has 0 atom stereocenters. The van der Waals surface area contributed by atoms with Crippen molar-refractivity contribution in [3.05, 3.63) is 229 Å². The fourth-order valence-corrected chi connectivity index (χ4v) is 9.04. The summed E-state index contributed by atoms with van der Waals surface area (Å²) < 4.78 is 0. The van der Waals surface area contributed by atoms with Gasteiger partial charge in [0.2, 0.25) is 0 Å². The highest BCUT2D eigenvalue weighted by atomic mass is 14.9. The van der Waals surface area contributed by atoms with Gasteiger partial charge in [0.05, 0.1) is 16.8 Å². The highest BCUT2D eigenvalue weighted by molar-refractivity contribution is 5.96. The summed E-state index contributed by atoms with van der Waals surface area (Å²) >= 11 is 0. The molecule has 0 N–H and O–H groups in total. The first-order chi connectivity index (χ1) is 27.3. The Balaban J connectivity index is 0.988. The lowest BCUT2D eigenvalue weighted by Crippen LogP contribution is -2.25. The molecular formula is C53H34N2. The summed E-state index contributed by atoms with van der Waals surface area (Å²) in [5.41, 5.74) is 20.0. The first-order valence-corrected chi connectivity index (χ1v) is 18.9. The van der Waals surface area contributed by atoms with E-state index in [1.54, 1.807) is 0 Å². The van der Waals surface area contributed by atoms with Crippen molar-refractivity contribution >= 4 is 0 Å². The first-order valence-electron chi connectivity index (χ1n) is 18.9. The molecule has 55 heavy (non-hydrogen) atoms. The SMILES string of the molecule is c1ccc(-c2ccc(-c3cc(-c4ccc(-c5ccc6c(c5)-c5ccccc5C65c6ccccc6-c6ccccc65)cc4)nc(-c4ccccc4)n3)cc2)cc1. The third-order valence-electron chi connectivity index (χ3n) is 11.6. The monoisotopic (exact) mass is 698 g/mol. The van der Waals surface area contributed by atoms with Gasteiger partial charge in [0.1, 0.15) is 0 Å². The third kappa shape index (κ3) is 4.89. The van der Waals surface area contributed by atoms with E-state index < -0.39 is 0 Å². The van der Waals surface area contributed by atoms with Crippen molar-refractivity contribution in [1.29, 1.82) is 0 Å². The van der Waals surface area contributed by atoms with Crippen molar-refractivity contribution in [1.82, 2.24) is 9.97 Å². The maximum absolute atomic E-state index is 5.11. The van der Waals surface area contributed by atoms with Crippen LogP contribution in [0, 0.1) is 0 Å². The molecule has 0 unspecified atom stereocenters. The minimum atomic E-state index is -0.329. The predicted molar refractivity (Wildman–Crippen MR) is 226 cm³/mol. The first kappa shape index (κ1) is 31.4. The number of benzene rings is 8. The second-order valence-electron chi connectivity index (χ2n) is 14.5. The molecule has 2 heteroatoms. The molecular weight excluding hydrogens is 665 g/mol. The molecule has 8 aromatic carbocycles. The van der Waals surface area contributed by atoms with Gasteiger partial charge >= 0.3 is 0 Å². The van der Waals surface area contributed by atoms with Gasteiger partial charge < -0.3 is 0 Å². The van der Waals surface area contributed by atoms with Crippen LogP contribution in [0.1, 0.15) is 22.3 Å². The van der Waals surface area contributed by atoms with Crippen LogP contribution < -0.4 is 0 Å². The second kappa shape index (κ2) is 12.5. The van der Waals surface area contributed by atoms with Crippen molar-refractivity contribution in [3.63, 3.8) is 0 Å². The lowest BCUT2D eigenvalue weighted by Gasteiger charge is -2.30. The molecule has 9 aromatic rings. The topological polar surface area (TPSA) is 25.8 Å². The van der Waals surface area contributed by atoms with E-state index >= 15 is 0 Å². The zero-order valence-corrected chi connectivity index (χ0v) is 30.0. The van der Waals surface area contributed by atoms with E-state index in [1.807, 2.05) is 24.3 Å². The Labute approximate surface area is 321 Å². The van der Waals surface area contributed by atoms with Crippen LogP contribution in [0.2, 0.25) is 0 Å². The lowest BCUT2D eigenvalue weighted by molar-refractivity contribution is 0.794. The standard InChI is InChI=1S/C53H34N2/c1-3-13-35(14-4-1)36-23-27-38(28-24-36)50-34-51(55-52(54-50)40-15-5-2-6-16-40)39-29-25-37(26-30-39)41-31-32-49-45(33-41)44-19-9-12-22-48(44)53(49)46-20-10-7-17-42(46)43-18-8-11-21-47(43)53/h1-34H. The normalized spacial score (nSPS) is 12.9. The average molecular weight is 699 g/mol. The van der Waals surface area contributed by atoms with Gasteiger partial charge in [-0.2, -0.15) is 0 Å². The Kier molecular flexibility index (Phi) is 7.11.